The van der Waals surface area contributed by atoms with Crippen LogP contribution in [0.15, 0.2) is 24.3 Å². The Bertz CT molecular complexity index is 418. The molecule has 2 atom stereocenters. The van der Waals surface area contributed by atoms with Crippen molar-refractivity contribution in [2.24, 2.45) is 0 Å². The maximum absolute atomic E-state index is 5.58. The lowest BCUT2D eigenvalue weighted by atomic mass is 9.94. The van der Waals surface area contributed by atoms with Crippen molar-refractivity contribution >= 4 is 0 Å². The van der Waals surface area contributed by atoms with Gasteiger partial charge in [0.15, 0.2) is 0 Å². The van der Waals surface area contributed by atoms with Gasteiger partial charge < -0.3 is 9.47 Å². The van der Waals surface area contributed by atoms with Gasteiger partial charge in [-0.05, 0) is 17.5 Å². The van der Waals surface area contributed by atoms with E-state index in [1.54, 1.807) is 7.11 Å². The SMILES string of the molecule is COC1NC(CN2CCOCC2)Cc2ccccc21. The minimum absolute atomic E-state index is 0.0241. The lowest BCUT2D eigenvalue weighted by Gasteiger charge is -2.36. The highest BCUT2D eigenvalue weighted by molar-refractivity contribution is 5.32. The molecule has 0 aliphatic carbocycles. The molecule has 1 aromatic carbocycles. The minimum Gasteiger partial charge on any atom is -0.379 e. The smallest absolute Gasteiger partial charge is 0.134 e. The topological polar surface area (TPSA) is 33.7 Å². The number of nitrogens with zero attached hydrogens (tertiary/aromatic N) is 1. The zero-order chi connectivity index (χ0) is 13.1. The summed E-state index contributed by atoms with van der Waals surface area (Å²) in [5.41, 5.74) is 2.69. The third-order valence-corrected chi connectivity index (χ3v) is 4.01. The molecule has 1 aromatic rings. The van der Waals surface area contributed by atoms with E-state index in [-0.39, 0.29) is 6.23 Å². The van der Waals surface area contributed by atoms with Gasteiger partial charge in [-0.3, -0.25) is 10.2 Å². The second-order valence-electron chi connectivity index (χ2n) is 5.30. The van der Waals surface area contributed by atoms with Crippen LogP contribution in [0.5, 0.6) is 0 Å². The fraction of sp³-hybridized carbons (Fsp3) is 0.600. The Kier molecular flexibility index (Phi) is 4.13. The van der Waals surface area contributed by atoms with Gasteiger partial charge in [0, 0.05) is 32.8 Å². The quantitative estimate of drug-likeness (QED) is 0.887. The maximum Gasteiger partial charge on any atom is 0.134 e. The molecule has 0 bridgehead atoms. The summed E-state index contributed by atoms with van der Waals surface area (Å²) in [6.45, 7) is 4.86. The van der Waals surface area contributed by atoms with Gasteiger partial charge in [-0.2, -0.15) is 0 Å². The van der Waals surface area contributed by atoms with Crippen LogP contribution in [-0.2, 0) is 15.9 Å². The number of rotatable bonds is 3. The van der Waals surface area contributed by atoms with Crippen LogP contribution in [0.3, 0.4) is 0 Å². The molecule has 0 saturated carbocycles. The van der Waals surface area contributed by atoms with Gasteiger partial charge in [-0.1, -0.05) is 24.3 Å². The lowest BCUT2D eigenvalue weighted by Crippen LogP contribution is -2.49. The molecule has 3 rings (SSSR count). The molecule has 2 unspecified atom stereocenters. The van der Waals surface area contributed by atoms with E-state index in [1.807, 2.05) is 0 Å². The van der Waals surface area contributed by atoms with Crippen LogP contribution in [0.2, 0.25) is 0 Å². The van der Waals surface area contributed by atoms with Gasteiger partial charge in [-0.25, -0.2) is 0 Å². The van der Waals surface area contributed by atoms with Crippen molar-refractivity contribution in [2.75, 3.05) is 40.0 Å². The van der Waals surface area contributed by atoms with Crippen LogP contribution < -0.4 is 5.32 Å². The summed E-state index contributed by atoms with van der Waals surface area (Å²) < 4.78 is 11.0. The van der Waals surface area contributed by atoms with E-state index in [2.05, 4.69) is 34.5 Å². The highest BCUT2D eigenvalue weighted by atomic mass is 16.5. The van der Waals surface area contributed by atoms with E-state index in [4.69, 9.17) is 9.47 Å². The molecule has 1 fully saturated rings. The molecule has 1 N–H and O–H groups in total. The molecular formula is C15H22N2O2. The number of methoxy groups -OCH3 is 1. The number of benzene rings is 1. The molecule has 0 aromatic heterocycles. The average molecular weight is 262 g/mol. The first kappa shape index (κ1) is 13.1. The van der Waals surface area contributed by atoms with E-state index < -0.39 is 0 Å². The number of nitrogens with one attached hydrogen (secondary N) is 1. The first-order chi connectivity index (χ1) is 9.36. The van der Waals surface area contributed by atoms with Gasteiger partial charge in [0.1, 0.15) is 6.23 Å². The summed E-state index contributed by atoms with van der Waals surface area (Å²) in [6.07, 6.45) is 1.10. The van der Waals surface area contributed by atoms with Gasteiger partial charge in [-0.15, -0.1) is 0 Å². The molecule has 4 heteroatoms. The summed E-state index contributed by atoms with van der Waals surface area (Å²) in [5, 5.41) is 3.60. The van der Waals surface area contributed by atoms with E-state index >= 15 is 0 Å². The van der Waals surface area contributed by atoms with Crippen molar-refractivity contribution in [2.45, 2.75) is 18.7 Å². The first-order valence-electron chi connectivity index (χ1n) is 7.03. The van der Waals surface area contributed by atoms with Crippen LogP contribution >= 0.6 is 0 Å². The average Bonchev–Trinajstić information content (AvgIpc) is 2.47. The van der Waals surface area contributed by atoms with Gasteiger partial charge in [0.25, 0.3) is 0 Å². The zero-order valence-corrected chi connectivity index (χ0v) is 11.5. The highest BCUT2D eigenvalue weighted by Gasteiger charge is 2.27. The highest BCUT2D eigenvalue weighted by Crippen LogP contribution is 2.25. The molecular weight excluding hydrogens is 240 g/mol. The Hall–Kier alpha value is -0.940. The summed E-state index contributed by atoms with van der Waals surface area (Å²) in [6, 6.07) is 9.02. The minimum atomic E-state index is 0.0241. The number of ether oxygens (including phenoxy) is 2. The van der Waals surface area contributed by atoms with Gasteiger partial charge in [0.05, 0.1) is 13.2 Å². The predicted molar refractivity (Wildman–Crippen MR) is 74.1 cm³/mol. The van der Waals surface area contributed by atoms with Crippen molar-refractivity contribution in [3.63, 3.8) is 0 Å². The van der Waals surface area contributed by atoms with Crippen molar-refractivity contribution in [1.29, 1.82) is 0 Å². The first-order valence-corrected chi connectivity index (χ1v) is 7.03. The number of fused-ring (bicyclic) bond motifs is 1. The zero-order valence-electron chi connectivity index (χ0n) is 11.5. The third kappa shape index (κ3) is 2.98. The Morgan fingerprint density at radius 1 is 1.32 bits per heavy atom. The van der Waals surface area contributed by atoms with Crippen LogP contribution in [0.1, 0.15) is 17.4 Å². The van der Waals surface area contributed by atoms with Crippen LogP contribution in [-0.4, -0.2) is 50.9 Å². The van der Waals surface area contributed by atoms with E-state index in [0.717, 1.165) is 39.3 Å². The fourth-order valence-corrected chi connectivity index (χ4v) is 3.01. The molecule has 0 amide bonds. The predicted octanol–water partition coefficient (Wildman–Crippen LogP) is 1.18. The monoisotopic (exact) mass is 262 g/mol. The second kappa shape index (κ2) is 6.01. The van der Waals surface area contributed by atoms with E-state index in [9.17, 15) is 0 Å². The fourth-order valence-electron chi connectivity index (χ4n) is 3.01. The standard InChI is InChI=1S/C15H22N2O2/c1-18-15-14-5-3-2-4-12(14)10-13(16-15)11-17-6-8-19-9-7-17/h2-5,13,15-16H,6-11H2,1H3. The lowest BCUT2D eigenvalue weighted by molar-refractivity contribution is 0.0177. The number of morpholine rings is 1. The number of hydrogen-bond donors (Lipinski definition) is 1. The number of hydrogen-bond acceptors (Lipinski definition) is 4. The van der Waals surface area contributed by atoms with Crippen molar-refractivity contribution < 1.29 is 9.47 Å². The summed E-state index contributed by atoms with van der Waals surface area (Å²) in [4.78, 5) is 2.47. The molecule has 2 aliphatic heterocycles. The summed E-state index contributed by atoms with van der Waals surface area (Å²) >= 11 is 0. The Labute approximate surface area is 114 Å². The van der Waals surface area contributed by atoms with Crippen molar-refractivity contribution in [3.8, 4) is 0 Å². The van der Waals surface area contributed by atoms with E-state index in [1.165, 1.54) is 11.1 Å². The van der Waals surface area contributed by atoms with Gasteiger partial charge in [0.2, 0.25) is 0 Å². The Balaban J connectivity index is 1.68. The van der Waals surface area contributed by atoms with Crippen LogP contribution in [0.25, 0.3) is 0 Å². The van der Waals surface area contributed by atoms with E-state index in [0.29, 0.717) is 6.04 Å². The second-order valence-corrected chi connectivity index (χ2v) is 5.30. The summed E-state index contributed by atoms with van der Waals surface area (Å²) in [7, 11) is 1.77. The van der Waals surface area contributed by atoms with Crippen LogP contribution in [0.4, 0.5) is 0 Å². The van der Waals surface area contributed by atoms with Crippen LogP contribution in [0, 0.1) is 0 Å². The molecule has 4 nitrogen and oxygen atoms in total. The van der Waals surface area contributed by atoms with Crippen molar-refractivity contribution in [3.05, 3.63) is 35.4 Å². The maximum atomic E-state index is 5.58. The largest absolute Gasteiger partial charge is 0.379 e. The molecule has 104 valence electrons. The molecule has 2 heterocycles. The normalized spacial score (nSPS) is 28.1. The Morgan fingerprint density at radius 2 is 2.11 bits per heavy atom. The molecule has 1 saturated heterocycles. The van der Waals surface area contributed by atoms with Crippen molar-refractivity contribution in [1.82, 2.24) is 10.2 Å². The molecule has 0 spiro atoms. The molecule has 2 aliphatic rings. The molecule has 0 radical (unpaired) electrons. The summed E-state index contributed by atoms with van der Waals surface area (Å²) in [5.74, 6) is 0. The molecule has 19 heavy (non-hydrogen) atoms. The third-order valence-electron chi connectivity index (χ3n) is 4.01. The van der Waals surface area contributed by atoms with Gasteiger partial charge >= 0.3 is 0 Å². The Morgan fingerprint density at radius 3 is 2.89 bits per heavy atom.